The summed E-state index contributed by atoms with van der Waals surface area (Å²) in [5, 5.41) is 0. The number of rotatable bonds is 9. The summed E-state index contributed by atoms with van der Waals surface area (Å²) in [6.07, 6.45) is -13.5. The molecule has 0 saturated heterocycles. The molecular weight excluding hydrogens is 384 g/mol. The number of ether oxygens (including phenoxy) is 1. The van der Waals surface area contributed by atoms with Crippen LogP contribution in [0, 0.1) is 0 Å². The van der Waals surface area contributed by atoms with Crippen LogP contribution in [0.3, 0.4) is 0 Å². The fourth-order valence-electron chi connectivity index (χ4n) is 1.96. The zero-order valence-electron chi connectivity index (χ0n) is 13.4. The molecule has 0 atom stereocenters. The third kappa shape index (κ3) is 6.98. The summed E-state index contributed by atoms with van der Waals surface area (Å²) >= 11 is 0. The van der Waals surface area contributed by atoms with E-state index in [1.54, 1.807) is 18.7 Å². The van der Waals surface area contributed by atoms with Gasteiger partial charge in [-0.3, -0.25) is 9.35 Å². The second-order valence-corrected chi connectivity index (χ2v) is 6.61. The van der Waals surface area contributed by atoms with Crippen molar-refractivity contribution in [2.24, 2.45) is 0 Å². The molecule has 0 amide bonds. The van der Waals surface area contributed by atoms with Crippen molar-refractivity contribution >= 4 is 16.1 Å². The highest BCUT2D eigenvalue weighted by molar-refractivity contribution is 7.85. The maximum Gasteiger partial charge on any atom is 0.438 e. The normalized spacial score (nSPS) is 14.0. The van der Waals surface area contributed by atoms with Gasteiger partial charge in [0.05, 0.1) is 0 Å². The van der Waals surface area contributed by atoms with E-state index in [0.29, 0.717) is 13.1 Å². The van der Waals surface area contributed by atoms with Crippen LogP contribution in [0.5, 0.6) is 0 Å². The Bertz CT molecular complexity index is 527. The molecule has 0 aliphatic rings. The Labute approximate surface area is 140 Å². The number of hydrogen-bond acceptors (Lipinski definition) is 5. The van der Waals surface area contributed by atoms with Crippen molar-refractivity contribution in [2.75, 3.05) is 25.4 Å². The Kier molecular flexibility index (Phi) is 8.17. The Balaban J connectivity index is 5.41. The Morgan fingerprint density at radius 1 is 1.04 bits per heavy atom. The van der Waals surface area contributed by atoms with Crippen LogP contribution in [-0.4, -0.2) is 67.2 Å². The third-order valence-corrected chi connectivity index (χ3v) is 4.11. The summed E-state index contributed by atoms with van der Waals surface area (Å²) in [5.74, 6) is -4.74. The first-order chi connectivity index (χ1) is 11.1. The van der Waals surface area contributed by atoms with Crippen molar-refractivity contribution in [3.63, 3.8) is 0 Å². The molecule has 1 N–H and O–H groups in total. The van der Waals surface area contributed by atoms with Crippen LogP contribution in [-0.2, 0) is 19.6 Å². The van der Waals surface area contributed by atoms with Gasteiger partial charge in [-0.25, -0.2) is 0 Å². The first kappa shape index (κ1) is 23.9. The molecule has 0 aliphatic heterocycles. The van der Waals surface area contributed by atoms with Gasteiger partial charge in [0.1, 0.15) is 5.75 Å². The molecule has 0 aromatic carbocycles. The van der Waals surface area contributed by atoms with Gasteiger partial charge in [0.25, 0.3) is 10.1 Å². The Hall–Kier alpha value is -1.08. The highest BCUT2D eigenvalue weighted by atomic mass is 32.2. The minimum absolute atomic E-state index is 0.0851. The molecule has 0 heterocycles. The van der Waals surface area contributed by atoms with Crippen LogP contribution in [0.15, 0.2) is 0 Å². The summed E-state index contributed by atoms with van der Waals surface area (Å²) in [7, 11) is -5.76. The topological polar surface area (TPSA) is 83.9 Å². The standard InChI is InChI=1S/C12H19F6NO5S/c1-3-19(4-2)7-5-6-9(20)24-10(11(13,14)15,12(16,17)18)8-25(21,22)23/h3-8H2,1-2H3,(H,21,22,23). The fraction of sp³-hybridized carbons (Fsp3) is 0.917. The Morgan fingerprint density at radius 2 is 1.48 bits per heavy atom. The van der Waals surface area contributed by atoms with E-state index < -0.39 is 46.2 Å². The van der Waals surface area contributed by atoms with Gasteiger partial charge in [0.15, 0.2) is 0 Å². The van der Waals surface area contributed by atoms with Crippen LogP contribution >= 0.6 is 0 Å². The molecule has 0 spiro atoms. The molecule has 0 radical (unpaired) electrons. The van der Waals surface area contributed by atoms with Crippen molar-refractivity contribution in [1.82, 2.24) is 4.90 Å². The largest absolute Gasteiger partial charge is 0.438 e. The van der Waals surface area contributed by atoms with Gasteiger partial charge in [-0.2, -0.15) is 34.8 Å². The second-order valence-electron chi connectivity index (χ2n) is 5.15. The van der Waals surface area contributed by atoms with Gasteiger partial charge in [0.2, 0.25) is 0 Å². The molecule has 0 aromatic heterocycles. The molecule has 0 bridgehead atoms. The van der Waals surface area contributed by atoms with Crippen LogP contribution in [0.25, 0.3) is 0 Å². The predicted molar refractivity (Wildman–Crippen MR) is 74.4 cm³/mol. The SMILES string of the molecule is CCN(CC)CCCC(=O)OC(CS(=O)(=O)O)(C(F)(F)F)C(F)(F)F. The lowest BCUT2D eigenvalue weighted by atomic mass is 10.1. The molecule has 0 rings (SSSR count). The van der Waals surface area contributed by atoms with Gasteiger partial charge < -0.3 is 9.64 Å². The van der Waals surface area contributed by atoms with Crippen molar-refractivity contribution < 1.29 is 48.8 Å². The lowest BCUT2D eigenvalue weighted by Crippen LogP contribution is -2.63. The van der Waals surface area contributed by atoms with E-state index in [2.05, 4.69) is 4.74 Å². The molecule has 0 aliphatic carbocycles. The van der Waals surface area contributed by atoms with E-state index in [1.807, 2.05) is 0 Å². The highest BCUT2D eigenvalue weighted by Gasteiger charge is 2.75. The van der Waals surface area contributed by atoms with E-state index in [4.69, 9.17) is 4.55 Å². The minimum Gasteiger partial charge on any atom is -0.438 e. The van der Waals surface area contributed by atoms with Crippen molar-refractivity contribution in [1.29, 1.82) is 0 Å². The maximum absolute atomic E-state index is 12.9. The monoisotopic (exact) mass is 403 g/mol. The minimum atomic E-state index is -6.30. The van der Waals surface area contributed by atoms with E-state index in [-0.39, 0.29) is 13.0 Å². The van der Waals surface area contributed by atoms with Gasteiger partial charge in [0, 0.05) is 6.42 Å². The van der Waals surface area contributed by atoms with Crippen molar-refractivity contribution in [3.8, 4) is 0 Å². The second kappa shape index (κ2) is 8.54. The molecule has 0 aromatic rings. The number of carbonyl (C=O) groups excluding carboxylic acids is 1. The molecule has 6 nitrogen and oxygen atoms in total. The molecule has 0 saturated carbocycles. The molecule has 150 valence electrons. The van der Waals surface area contributed by atoms with E-state index in [0.717, 1.165) is 0 Å². The van der Waals surface area contributed by atoms with Gasteiger partial charge in [-0.15, -0.1) is 0 Å². The lowest BCUT2D eigenvalue weighted by Gasteiger charge is -2.35. The summed E-state index contributed by atoms with van der Waals surface area (Å²) in [4.78, 5) is 13.2. The van der Waals surface area contributed by atoms with Crippen LogP contribution in [0.1, 0.15) is 26.7 Å². The zero-order chi connectivity index (χ0) is 20.1. The number of hydrogen-bond donors (Lipinski definition) is 1. The first-order valence-corrected chi connectivity index (χ1v) is 8.73. The number of halogens is 6. The van der Waals surface area contributed by atoms with E-state index in [1.165, 1.54) is 0 Å². The average molecular weight is 403 g/mol. The quantitative estimate of drug-likeness (QED) is 0.362. The molecular formula is C12H19F6NO5S. The lowest BCUT2D eigenvalue weighted by molar-refractivity contribution is -0.361. The number of nitrogens with zero attached hydrogens (tertiary/aromatic N) is 1. The first-order valence-electron chi connectivity index (χ1n) is 7.12. The molecule has 0 fully saturated rings. The summed E-state index contributed by atoms with van der Waals surface area (Å²) in [6.45, 7) is 4.89. The van der Waals surface area contributed by atoms with Crippen molar-refractivity contribution in [3.05, 3.63) is 0 Å². The predicted octanol–water partition coefficient (Wildman–Crippen LogP) is 2.40. The summed E-state index contributed by atoms with van der Waals surface area (Å²) in [5.41, 5.74) is -5.33. The van der Waals surface area contributed by atoms with Crippen LogP contribution in [0.4, 0.5) is 26.3 Å². The Morgan fingerprint density at radius 3 is 1.80 bits per heavy atom. The summed E-state index contributed by atoms with van der Waals surface area (Å²) < 4.78 is 111. The van der Waals surface area contributed by atoms with E-state index >= 15 is 0 Å². The van der Waals surface area contributed by atoms with E-state index in [9.17, 15) is 39.6 Å². The average Bonchev–Trinajstić information content (AvgIpc) is 2.38. The number of carbonyl (C=O) groups is 1. The maximum atomic E-state index is 12.9. The van der Waals surface area contributed by atoms with Gasteiger partial charge >= 0.3 is 23.9 Å². The van der Waals surface area contributed by atoms with Crippen LogP contribution in [0.2, 0.25) is 0 Å². The molecule has 0 unspecified atom stereocenters. The zero-order valence-corrected chi connectivity index (χ0v) is 14.3. The van der Waals surface area contributed by atoms with Crippen LogP contribution < -0.4 is 0 Å². The molecule has 25 heavy (non-hydrogen) atoms. The highest BCUT2D eigenvalue weighted by Crippen LogP contribution is 2.47. The summed E-state index contributed by atoms with van der Waals surface area (Å²) in [6, 6.07) is 0. The number of esters is 1. The number of alkyl halides is 6. The smallest absolute Gasteiger partial charge is 0.438 e. The van der Waals surface area contributed by atoms with Gasteiger partial charge in [-0.05, 0) is 26.1 Å². The van der Waals surface area contributed by atoms with Gasteiger partial charge in [-0.1, -0.05) is 13.8 Å². The fourth-order valence-corrected chi connectivity index (χ4v) is 2.86. The van der Waals surface area contributed by atoms with Crippen molar-refractivity contribution in [2.45, 2.75) is 44.6 Å². The third-order valence-electron chi connectivity index (χ3n) is 3.34. The molecule has 13 heteroatoms.